The predicted molar refractivity (Wildman–Crippen MR) is 64.1 cm³/mol. The molecule has 18 heavy (non-hydrogen) atoms. The van der Waals surface area contributed by atoms with E-state index in [0.717, 1.165) is 5.56 Å². The molecule has 1 N–H and O–H groups in total. The minimum atomic E-state index is -0.332. The second-order valence-electron chi connectivity index (χ2n) is 3.90. The zero-order valence-electron chi connectivity index (χ0n) is 9.67. The summed E-state index contributed by atoms with van der Waals surface area (Å²) >= 11 is 5.36. The number of ether oxygens (including phenoxy) is 2. The first-order valence-corrected chi connectivity index (χ1v) is 6.08. The lowest BCUT2D eigenvalue weighted by atomic mass is 10.1. The number of carbonyl (C=O) groups excluding carboxylic acids is 1. The van der Waals surface area contributed by atoms with E-state index in [1.54, 1.807) is 0 Å². The summed E-state index contributed by atoms with van der Waals surface area (Å²) in [4.78, 5) is 11.0. The van der Waals surface area contributed by atoms with Crippen LogP contribution in [0.4, 0.5) is 4.39 Å². The van der Waals surface area contributed by atoms with Gasteiger partial charge in [-0.2, -0.15) is 0 Å². The zero-order valence-corrected chi connectivity index (χ0v) is 10.4. The maximum Gasteiger partial charge on any atom is 0.234 e. The van der Waals surface area contributed by atoms with Gasteiger partial charge in [0.25, 0.3) is 0 Å². The number of halogens is 2. The normalized spacial score (nSPS) is 13.7. The molecular formula is C12H13ClFNO3. The van der Waals surface area contributed by atoms with Gasteiger partial charge in [0.1, 0.15) is 17.4 Å². The van der Waals surface area contributed by atoms with Crippen molar-refractivity contribution in [2.75, 3.05) is 19.2 Å². The molecule has 0 aromatic heterocycles. The zero-order chi connectivity index (χ0) is 13.0. The van der Waals surface area contributed by atoms with E-state index in [1.807, 2.05) is 0 Å². The minimum absolute atomic E-state index is 0.0778. The van der Waals surface area contributed by atoms with Crippen LogP contribution in [0.15, 0.2) is 12.1 Å². The Morgan fingerprint density at radius 3 is 3.11 bits per heavy atom. The number of amides is 1. The summed E-state index contributed by atoms with van der Waals surface area (Å²) in [5.74, 6) is 0.00137. The van der Waals surface area contributed by atoms with E-state index < -0.39 is 0 Å². The van der Waals surface area contributed by atoms with Crippen molar-refractivity contribution in [3.05, 3.63) is 29.1 Å². The van der Waals surface area contributed by atoms with E-state index in [2.05, 4.69) is 5.32 Å². The van der Waals surface area contributed by atoms with Gasteiger partial charge in [-0.05, 0) is 24.1 Å². The molecule has 0 saturated carbocycles. The first-order chi connectivity index (χ1) is 8.70. The van der Waals surface area contributed by atoms with Crippen molar-refractivity contribution in [2.24, 2.45) is 0 Å². The van der Waals surface area contributed by atoms with Gasteiger partial charge in [-0.3, -0.25) is 4.79 Å². The number of alkyl halides is 1. The van der Waals surface area contributed by atoms with Crippen molar-refractivity contribution in [1.29, 1.82) is 0 Å². The summed E-state index contributed by atoms with van der Waals surface area (Å²) < 4.78 is 23.8. The fourth-order valence-electron chi connectivity index (χ4n) is 1.83. The van der Waals surface area contributed by atoms with E-state index in [4.69, 9.17) is 21.1 Å². The third-order valence-corrected chi connectivity index (χ3v) is 2.83. The van der Waals surface area contributed by atoms with Gasteiger partial charge in [-0.1, -0.05) is 0 Å². The van der Waals surface area contributed by atoms with Crippen LogP contribution in [-0.4, -0.2) is 25.1 Å². The van der Waals surface area contributed by atoms with Gasteiger partial charge in [0.2, 0.25) is 5.91 Å². The molecule has 1 amide bonds. The van der Waals surface area contributed by atoms with Crippen molar-refractivity contribution < 1.29 is 18.7 Å². The maximum absolute atomic E-state index is 13.4. The molecule has 1 aromatic carbocycles. The maximum atomic E-state index is 13.4. The summed E-state index contributed by atoms with van der Waals surface area (Å²) in [5, 5.41) is 2.63. The van der Waals surface area contributed by atoms with Gasteiger partial charge in [0, 0.05) is 12.1 Å². The first-order valence-electron chi connectivity index (χ1n) is 5.55. The number of carbonyl (C=O) groups is 1. The average Bonchev–Trinajstić information content (AvgIpc) is 2.38. The third kappa shape index (κ3) is 3.11. The molecule has 1 aliphatic rings. The number of benzene rings is 1. The summed E-state index contributed by atoms with van der Waals surface area (Å²) in [7, 11) is 0. The van der Waals surface area contributed by atoms with Crippen molar-refractivity contribution >= 4 is 17.5 Å². The lowest BCUT2D eigenvalue weighted by Gasteiger charge is -2.20. The van der Waals surface area contributed by atoms with Crippen molar-refractivity contribution in [2.45, 2.75) is 13.0 Å². The Morgan fingerprint density at radius 1 is 1.50 bits per heavy atom. The highest BCUT2D eigenvalue weighted by atomic mass is 35.5. The lowest BCUT2D eigenvalue weighted by molar-refractivity contribution is -0.118. The Kier molecular flexibility index (Phi) is 4.38. The molecule has 6 heteroatoms. The molecular weight excluding hydrogens is 261 g/mol. The number of hydrogen-bond donors (Lipinski definition) is 1. The van der Waals surface area contributed by atoms with Gasteiger partial charge in [-0.15, -0.1) is 11.6 Å². The monoisotopic (exact) mass is 273 g/mol. The van der Waals surface area contributed by atoms with E-state index in [1.165, 1.54) is 12.1 Å². The lowest BCUT2D eigenvalue weighted by Crippen LogP contribution is -2.27. The molecule has 0 spiro atoms. The number of rotatable bonds is 4. The van der Waals surface area contributed by atoms with Crippen LogP contribution in [0.1, 0.15) is 11.1 Å². The molecule has 98 valence electrons. The van der Waals surface area contributed by atoms with Crippen LogP contribution in [0.2, 0.25) is 0 Å². The molecule has 0 bridgehead atoms. The predicted octanol–water partition coefficient (Wildman–Crippen LogP) is 1.59. The topological polar surface area (TPSA) is 47.6 Å². The van der Waals surface area contributed by atoms with Crippen LogP contribution in [-0.2, 0) is 22.6 Å². The standard InChI is InChI=1S/C12H13ClFNO3/c13-5-11(16)15-2-1-8-3-10(14)4-9-6-17-7-18-12(8)9/h3-4H,1-2,5-7H2,(H,15,16). The number of hydrogen-bond acceptors (Lipinski definition) is 3. The van der Waals surface area contributed by atoms with E-state index in [9.17, 15) is 9.18 Å². The molecule has 1 aromatic rings. The van der Waals surface area contributed by atoms with Gasteiger partial charge < -0.3 is 14.8 Å². The summed E-state index contributed by atoms with van der Waals surface area (Å²) in [6.45, 7) is 0.902. The quantitative estimate of drug-likeness (QED) is 0.848. The third-order valence-electron chi connectivity index (χ3n) is 2.59. The van der Waals surface area contributed by atoms with Gasteiger partial charge in [-0.25, -0.2) is 4.39 Å². The Balaban J connectivity index is 2.07. The highest BCUT2D eigenvalue weighted by molar-refractivity contribution is 6.27. The van der Waals surface area contributed by atoms with Crippen LogP contribution >= 0.6 is 11.6 Å². The smallest absolute Gasteiger partial charge is 0.234 e. The molecule has 0 atom stereocenters. The van der Waals surface area contributed by atoms with Gasteiger partial charge in [0.15, 0.2) is 6.79 Å². The van der Waals surface area contributed by atoms with Crippen LogP contribution in [0.3, 0.4) is 0 Å². The largest absolute Gasteiger partial charge is 0.467 e. The molecule has 0 aliphatic carbocycles. The second kappa shape index (κ2) is 6.02. The fourth-order valence-corrected chi connectivity index (χ4v) is 1.92. The first kappa shape index (κ1) is 13.1. The SMILES string of the molecule is O=C(CCl)NCCc1cc(F)cc2c1OCOC2. The number of fused-ring (bicyclic) bond motifs is 1. The molecule has 0 unspecified atom stereocenters. The van der Waals surface area contributed by atoms with E-state index in [-0.39, 0.29) is 24.4 Å². The molecule has 0 fully saturated rings. The molecule has 2 rings (SSSR count). The van der Waals surface area contributed by atoms with Crippen molar-refractivity contribution in [3.63, 3.8) is 0 Å². The van der Waals surface area contributed by atoms with E-state index >= 15 is 0 Å². The Hall–Kier alpha value is -1.33. The summed E-state index contributed by atoms with van der Waals surface area (Å²) in [6.07, 6.45) is 0.489. The minimum Gasteiger partial charge on any atom is -0.467 e. The van der Waals surface area contributed by atoms with Crippen LogP contribution < -0.4 is 10.1 Å². The van der Waals surface area contributed by atoms with Crippen molar-refractivity contribution in [3.8, 4) is 5.75 Å². The van der Waals surface area contributed by atoms with Crippen LogP contribution in [0.5, 0.6) is 5.75 Å². The summed E-state index contributed by atoms with van der Waals surface area (Å²) in [6, 6.07) is 2.81. The molecule has 1 heterocycles. The highest BCUT2D eigenvalue weighted by Gasteiger charge is 2.16. The number of nitrogens with one attached hydrogen (secondary N) is 1. The van der Waals surface area contributed by atoms with E-state index in [0.29, 0.717) is 30.9 Å². The fraction of sp³-hybridized carbons (Fsp3) is 0.417. The Bertz CT molecular complexity index is 453. The van der Waals surface area contributed by atoms with Crippen LogP contribution in [0.25, 0.3) is 0 Å². The second-order valence-corrected chi connectivity index (χ2v) is 4.16. The average molecular weight is 274 g/mol. The highest BCUT2D eigenvalue weighted by Crippen LogP contribution is 2.29. The molecule has 4 nitrogen and oxygen atoms in total. The summed E-state index contributed by atoms with van der Waals surface area (Å²) in [5.41, 5.74) is 1.42. The van der Waals surface area contributed by atoms with Crippen molar-refractivity contribution in [1.82, 2.24) is 5.32 Å². The van der Waals surface area contributed by atoms with Crippen LogP contribution in [0, 0.1) is 5.82 Å². The molecule has 0 radical (unpaired) electrons. The van der Waals surface area contributed by atoms with Gasteiger partial charge >= 0.3 is 0 Å². The van der Waals surface area contributed by atoms with Gasteiger partial charge in [0.05, 0.1) is 6.61 Å². The molecule has 0 saturated heterocycles. The Morgan fingerprint density at radius 2 is 2.33 bits per heavy atom. The Labute approximate surface area is 109 Å². The molecule has 1 aliphatic heterocycles.